The average molecular weight is 291 g/mol. The lowest BCUT2D eigenvalue weighted by Crippen LogP contribution is -2.22. The number of halogens is 2. The van der Waals surface area contributed by atoms with Crippen LogP contribution < -0.4 is 10.1 Å². The van der Waals surface area contributed by atoms with Gasteiger partial charge < -0.3 is 10.1 Å². The van der Waals surface area contributed by atoms with Crippen LogP contribution in [0.25, 0.3) is 0 Å². The van der Waals surface area contributed by atoms with E-state index in [1.165, 1.54) is 11.6 Å². The first kappa shape index (κ1) is 15.4. The largest absolute Gasteiger partial charge is 0.435 e. The summed E-state index contributed by atoms with van der Waals surface area (Å²) in [6.45, 7) is 1.28. The van der Waals surface area contributed by atoms with Crippen molar-refractivity contribution in [2.75, 3.05) is 0 Å². The van der Waals surface area contributed by atoms with Gasteiger partial charge in [-0.3, -0.25) is 0 Å². The predicted molar refractivity (Wildman–Crippen MR) is 79.5 cm³/mol. The van der Waals surface area contributed by atoms with Crippen molar-refractivity contribution in [2.24, 2.45) is 0 Å². The first-order valence-corrected chi connectivity index (χ1v) is 6.92. The molecule has 2 rings (SSSR count). The molecule has 4 heteroatoms. The zero-order valence-electron chi connectivity index (χ0n) is 12.1. The molecule has 1 N–H and O–H groups in total. The van der Waals surface area contributed by atoms with E-state index in [4.69, 9.17) is 0 Å². The Kier molecular flexibility index (Phi) is 5.28. The van der Waals surface area contributed by atoms with Gasteiger partial charge in [-0.2, -0.15) is 8.78 Å². The van der Waals surface area contributed by atoms with Crippen LogP contribution in [0.4, 0.5) is 8.78 Å². The Morgan fingerprint density at radius 3 is 2.14 bits per heavy atom. The highest BCUT2D eigenvalue weighted by atomic mass is 19.3. The predicted octanol–water partition coefficient (Wildman–Crippen LogP) is 4.70. The Balaban J connectivity index is 2.04. The Morgan fingerprint density at radius 1 is 0.857 bits per heavy atom. The van der Waals surface area contributed by atoms with E-state index >= 15 is 0 Å². The molecule has 0 aromatic heterocycles. The van der Waals surface area contributed by atoms with Gasteiger partial charge in [0.2, 0.25) is 0 Å². The first-order chi connectivity index (χ1) is 10.1. The molecule has 0 spiro atoms. The van der Waals surface area contributed by atoms with Gasteiger partial charge in [0, 0.05) is 12.1 Å². The van der Waals surface area contributed by atoms with Gasteiger partial charge in [0.25, 0.3) is 0 Å². The second-order valence-electron chi connectivity index (χ2n) is 4.97. The van der Waals surface area contributed by atoms with E-state index in [0.717, 1.165) is 5.56 Å². The zero-order valence-corrected chi connectivity index (χ0v) is 12.1. The number of hydrogen-bond donors (Lipinski definition) is 1. The van der Waals surface area contributed by atoms with Crippen molar-refractivity contribution in [3.05, 3.63) is 65.7 Å². The fourth-order valence-corrected chi connectivity index (χ4v) is 2.27. The van der Waals surface area contributed by atoms with Crippen LogP contribution in [-0.4, -0.2) is 6.61 Å². The maximum absolute atomic E-state index is 12.2. The van der Waals surface area contributed by atoms with Crippen molar-refractivity contribution in [3.8, 4) is 5.75 Å². The monoisotopic (exact) mass is 291 g/mol. The highest BCUT2D eigenvalue weighted by Crippen LogP contribution is 2.23. The van der Waals surface area contributed by atoms with Gasteiger partial charge in [-0.05, 0) is 37.1 Å². The molecule has 0 radical (unpaired) electrons. The van der Waals surface area contributed by atoms with Gasteiger partial charge in [-0.25, -0.2) is 0 Å². The van der Waals surface area contributed by atoms with Gasteiger partial charge in [0.05, 0.1) is 0 Å². The summed E-state index contributed by atoms with van der Waals surface area (Å²) in [5.74, 6) is 0.184. The van der Waals surface area contributed by atoms with Crippen molar-refractivity contribution in [2.45, 2.75) is 32.5 Å². The van der Waals surface area contributed by atoms with E-state index in [1.54, 1.807) is 12.1 Å². The molecule has 2 atom stereocenters. The normalized spacial score (nSPS) is 14.0. The molecule has 2 aromatic carbocycles. The second-order valence-corrected chi connectivity index (χ2v) is 4.97. The van der Waals surface area contributed by atoms with Crippen LogP contribution in [0.3, 0.4) is 0 Å². The van der Waals surface area contributed by atoms with Gasteiger partial charge in [0.15, 0.2) is 0 Å². The highest BCUT2D eigenvalue weighted by molar-refractivity contribution is 5.30. The van der Waals surface area contributed by atoms with Crippen molar-refractivity contribution in [1.29, 1.82) is 0 Å². The van der Waals surface area contributed by atoms with Crippen LogP contribution in [0.2, 0.25) is 0 Å². The van der Waals surface area contributed by atoms with Gasteiger partial charge >= 0.3 is 6.61 Å². The summed E-state index contributed by atoms with van der Waals surface area (Å²) < 4.78 is 28.9. The molecule has 0 aliphatic heterocycles. The highest BCUT2D eigenvalue weighted by Gasteiger charge is 2.12. The van der Waals surface area contributed by atoms with E-state index in [1.807, 2.05) is 31.2 Å². The zero-order chi connectivity index (χ0) is 15.2. The van der Waals surface area contributed by atoms with Crippen LogP contribution in [0.1, 0.15) is 37.1 Å². The molecule has 0 saturated carbocycles. The molecule has 0 bridgehead atoms. The average Bonchev–Trinajstić information content (AvgIpc) is 2.47. The summed E-state index contributed by atoms with van der Waals surface area (Å²) >= 11 is 0. The Bertz CT molecular complexity index is 560. The summed E-state index contributed by atoms with van der Waals surface area (Å²) in [5.41, 5.74) is 2.10. The molecule has 0 fully saturated rings. The number of ether oxygens (including phenoxy) is 1. The molecule has 0 aliphatic rings. The smallest absolute Gasteiger partial charge is 0.387 e. The standard InChI is InChI=1S/C17H19F2NO/c1-12(14-7-4-3-5-8-14)20-13(2)15-9-6-10-16(11-15)21-17(18)19/h3-13,17,20H,1-2H3/t12-,13?/m0/s1. The molecule has 2 aromatic rings. The number of alkyl halides is 2. The first-order valence-electron chi connectivity index (χ1n) is 6.92. The van der Waals surface area contributed by atoms with Crippen molar-refractivity contribution < 1.29 is 13.5 Å². The summed E-state index contributed by atoms with van der Waals surface area (Å²) in [6.07, 6.45) is 0. The molecule has 0 saturated heterocycles. The quantitative estimate of drug-likeness (QED) is 0.833. The summed E-state index contributed by atoms with van der Waals surface area (Å²) in [6, 6.07) is 17.1. The molecular weight excluding hydrogens is 272 g/mol. The lowest BCUT2D eigenvalue weighted by molar-refractivity contribution is -0.0499. The molecule has 1 unspecified atom stereocenters. The van der Waals surface area contributed by atoms with E-state index < -0.39 is 6.61 Å². The topological polar surface area (TPSA) is 21.3 Å². The van der Waals surface area contributed by atoms with Gasteiger partial charge in [-0.1, -0.05) is 42.5 Å². The van der Waals surface area contributed by atoms with Crippen molar-refractivity contribution >= 4 is 0 Å². The van der Waals surface area contributed by atoms with E-state index in [-0.39, 0.29) is 17.8 Å². The van der Waals surface area contributed by atoms with Gasteiger partial charge in [0.1, 0.15) is 5.75 Å². The fraction of sp³-hybridized carbons (Fsp3) is 0.294. The minimum Gasteiger partial charge on any atom is -0.435 e. The Hall–Kier alpha value is -1.94. The van der Waals surface area contributed by atoms with Crippen LogP contribution in [0.5, 0.6) is 5.75 Å². The van der Waals surface area contributed by atoms with Crippen LogP contribution >= 0.6 is 0 Å². The number of benzene rings is 2. The maximum atomic E-state index is 12.2. The molecule has 0 aliphatic carbocycles. The minimum absolute atomic E-state index is 0.0291. The lowest BCUT2D eigenvalue weighted by atomic mass is 10.0. The van der Waals surface area contributed by atoms with Crippen molar-refractivity contribution in [3.63, 3.8) is 0 Å². The molecular formula is C17H19F2NO. The third kappa shape index (κ3) is 4.53. The Morgan fingerprint density at radius 2 is 1.48 bits per heavy atom. The molecule has 112 valence electrons. The van der Waals surface area contributed by atoms with Gasteiger partial charge in [-0.15, -0.1) is 0 Å². The lowest BCUT2D eigenvalue weighted by Gasteiger charge is -2.21. The molecule has 0 amide bonds. The van der Waals surface area contributed by atoms with Crippen molar-refractivity contribution in [1.82, 2.24) is 5.32 Å². The molecule has 2 nitrogen and oxygen atoms in total. The fourth-order valence-electron chi connectivity index (χ4n) is 2.27. The SMILES string of the molecule is CC(N[C@@H](C)c1ccccc1)c1cccc(OC(F)F)c1. The van der Waals surface area contributed by atoms with Crippen LogP contribution in [0, 0.1) is 0 Å². The number of hydrogen-bond acceptors (Lipinski definition) is 2. The molecule has 21 heavy (non-hydrogen) atoms. The number of rotatable bonds is 6. The van der Waals surface area contributed by atoms with E-state index in [9.17, 15) is 8.78 Å². The van der Waals surface area contributed by atoms with E-state index in [0.29, 0.717) is 0 Å². The summed E-state index contributed by atoms with van der Waals surface area (Å²) in [5, 5.41) is 3.45. The van der Waals surface area contributed by atoms with E-state index in [2.05, 4.69) is 29.1 Å². The Labute approximate surface area is 123 Å². The third-order valence-corrected chi connectivity index (χ3v) is 3.38. The van der Waals surface area contributed by atoms with Crippen LogP contribution in [-0.2, 0) is 0 Å². The summed E-state index contributed by atoms with van der Waals surface area (Å²) in [4.78, 5) is 0. The van der Waals surface area contributed by atoms with Crippen LogP contribution in [0.15, 0.2) is 54.6 Å². The molecule has 0 heterocycles. The summed E-state index contributed by atoms with van der Waals surface area (Å²) in [7, 11) is 0. The number of nitrogens with one attached hydrogen (secondary N) is 1. The maximum Gasteiger partial charge on any atom is 0.387 e. The third-order valence-electron chi connectivity index (χ3n) is 3.38. The second kappa shape index (κ2) is 7.18. The minimum atomic E-state index is -2.80.